The van der Waals surface area contributed by atoms with Crippen molar-refractivity contribution in [1.82, 2.24) is 0 Å². The zero-order valence-electron chi connectivity index (χ0n) is 21.4. The van der Waals surface area contributed by atoms with Crippen LogP contribution < -0.4 is 15.2 Å². The van der Waals surface area contributed by atoms with Gasteiger partial charge in [-0.3, -0.25) is 4.79 Å². The van der Waals surface area contributed by atoms with E-state index in [2.05, 4.69) is 0 Å². The first-order chi connectivity index (χ1) is 17.7. The summed E-state index contributed by atoms with van der Waals surface area (Å²) in [6, 6.07) is 3.21. The number of ether oxygens (including phenoxy) is 7. The molecule has 2 atom stereocenters. The maximum Gasteiger partial charge on any atom is 0.513 e. The third-order valence-corrected chi connectivity index (χ3v) is 5.25. The van der Waals surface area contributed by atoms with Crippen molar-refractivity contribution in [1.29, 1.82) is 0 Å². The van der Waals surface area contributed by atoms with E-state index >= 15 is 0 Å². The molecule has 1 aromatic rings. The van der Waals surface area contributed by atoms with Crippen LogP contribution in [0.3, 0.4) is 0 Å². The molecule has 0 aromatic heterocycles. The SMILES string of the molecule is CCOC(=O)Oc1ccc(C[C@H](N)C(=O)OC[C@H](C)OC(=O)OC2CCCCC2)cc1OC(=O)OCC. The Balaban J connectivity index is 1.90. The number of nitrogens with two attached hydrogens (primary N) is 1. The highest BCUT2D eigenvalue weighted by atomic mass is 16.7. The summed E-state index contributed by atoms with van der Waals surface area (Å²) in [6.45, 7) is 4.75. The Kier molecular flexibility index (Phi) is 12.5. The molecule has 2 N–H and O–H groups in total. The fourth-order valence-corrected chi connectivity index (χ4v) is 3.51. The average molecular weight is 526 g/mol. The van der Waals surface area contributed by atoms with Gasteiger partial charge in [0.15, 0.2) is 11.5 Å². The molecule has 0 bridgehead atoms. The first kappa shape index (κ1) is 29.7. The number of hydrogen-bond donors (Lipinski definition) is 1. The Hall–Kier alpha value is -3.54. The van der Waals surface area contributed by atoms with Crippen LogP contribution in [-0.2, 0) is 34.9 Å². The molecule has 37 heavy (non-hydrogen) atoms. The summed E-state index contributed by atoms with van der Waals surface area (Å²) in [5.74, 6) is -0.934. The van der Waals surface area contributed by atoms with E-state index in [9.17, 15) is 19.2 Å². The van der Waals surface area contributed by atoms with E-state index in [1.54, 1.807) is 20.8 Å². The third kappa shape index (κ3) is 10.9. The second kappa shape index (κ2) is 15.5. The summed E-state index contributed by atoms with van der Waals surface area (Å²) in [6.07, 6.45) is 1.15. The monoisotopic (exact) mass is 525 g/mol. The zero-order valence-corrected chi connectivity index (χ0v) is 21.4. The fraction of sp³-hybridized carbons (Fsp3) is 0.600. The quantitative estimate of drug-likeness (QED) is 0.251. The summed E-state index contributed by atoms with van der Waals surface area (Å²) in [5.41, 5.74) is 6.46. The van der Waals surface area contributed by atoms with Crippen LogP contribution in [0.25, 0.3) is 0 Å². The van der Waals surface area contributed by atoms with Crippen molar-refractivity contribution in [3.63, 3.8) is 0 Å². The maximum atomic E-state index is 12.4. The van der Waals surface area contributed by atoms with Gasteiger partial charge in [0.1, 0.15) is 24.9 Å². The molecule has 0 amide bonds. The molecule has 0 heterocycles. The number of carbonyl (C=O) groups is 4. The first-order valence-electron chi connectivity index (χ1n) is 12.3. The van der Waals surface area contributed by atoms with Gasteiger partial charge in [-0.05, 0) is 70.6 Å². The minimum Gasteiger partial charge on any atom is -0.461 e. The number of hydrogen-bond acceptors (Lipinski definition) is 12. The van der Waals surface area contributed by atoms with Crippen LogP contribution in [0.15, 0.2) is 18.2 Å². The van der Waals surface area contributed by atoms with Gasteiger partial charge in [-0.15, -0.1) is 0 Å². The van der Waals surface area contributed by atoms with Crippen molar-refractivity contribution in [2.75, 3.05) is 19.8 Å². The second-order valence-electron chi connectivity index (χ2n) is 8.35. The topological polar surface area (TPSA) is 159 Å². The molecule has 0 spiro atoms. The van der Waals surface area contributed by atoms with Crippen LogP contribution in [0.4, 0.5) is 14.4 Å². The molecule has 206 valence electrons. The number of esters is 1. The summed E-state index contributed by atoms with van der Waals surface area (Å²) < 4.78 is 35.3. The van der Waals surface area contributed by atoms with E-state index in [0.29, 0.717) is 5.56 Å². The molecule has 0 saturated heterocycles. The van der Waals surface area contributed by atoms with Crippen molar-refractivity contribution in [3.05, 3.63) is 23.8 Å². The minimum atomic E-state index is -1.08. The molecule has 1 fully saturated rings. The average Bonchev–Trinajstić information content (AvgIpc) is 2.85. The van der Waals surface area contributed by atoms with Gasteiger partial charge < -0.3 is 38.9 Å². The molecule has 0 radical (unpaired) electrons. The molecule has 12 nitrogen and oxygen atoms in total. The van der Waals surface area contributed by atoms with E-state index in [1.165, 1.54) is 18.2 Å². The number of carbonyl (C=O) groups excluding carboxylic acids is 4. The highest BCUT2D eigenvalue weighted by Gasteiger charge is 2.23. The van der Waals surface area contributed by atoms with Crippen LogP contribution in [-0.4, -0.2) is 62.5 Å². The Morgan fingerprint density at radius 1 is 0.892 bits per heavy atom. The molecule has 0 aliphatic heterocycles. The van der Waals surface area contributed by atoms with Gasteiger partial charge in [0.25, 0.3) is 0 Å². The van der Waals surface area contributed by atoms with Crippen LogP contribution >= 0.6 is 0 Å². The molecule has 1 saturated carbocycles. The normalized spacial score (nSPS) is 15.0. The van der Waals surface area contributed by atoms with Crippen molar-refractivity contribution in [3.8, 4) is 11.5 Å². The van der Waals surface area contributed by atoms with Crippen LogP contribution in [0.2, 0.25) is 0 Å². The van der Waals surface area contributed by atoms with Gasteiger partial charge >= 0.3 is 24.4 Å². The van der Waals surface area contributed by atoms with Crippen LogP contribution in [0, 0.1) is 0 Å². The first-order valence-corrected chi connectivity index (χ1v) is 12.3. The highest BCUT2D eigenvalue weighted by molar-refractivity contribution is 5.76. The molecular formula is C25H35NO11. The van der Waals surface area contributed by atoms with Crippen LogP contribution in [0.1, 0.15) is 58.4 Å². The summed E-state index contributed by atoms with van der Waals surface area (Å²) in [7, 11) is 0. The largest absolute Gasteiger partial charge is 0.513 e. The Bertz CT molecular complexity index is 914. The fourth-order valence-electron chi connectivity index (χ4n) is 3.51. The van der Waals surface area contributed by atoms with Gasteiger partial charge in [0, 0.05) is 0 Å². The summed E-state index contributed by atoms with van der Waals surface area (Å²) in [5, 5.41) is 0. The van der Waals surface area contributed by atoms with Gasteiger partial charge in [-0.25, -0.2) is 14.4 Å². The molecule has 1 aliphatic rings. The van der Waals surface area contributed by atoms with Gasteiger partial charge in [0.05, 0.1) is 13.2 Å². The van der Waals surface area contributed by atoms with E-state index in [4.69, 9.17) is 38.9 Å². The lowest BCUT2D eigenvalue weighted by Crippen LogP contribution is -2.36. The van der Waals surface area contributed by atoms with E-state index in [0.717, 1.165) is 32.1 Å². The molecule has 1 aromatic carbocycles. The summed E-state index contributed by atoms with van der Waals surface area (Å²) >= 11 is 0. The lowest BCUT2D eigenvalue weighted by molar-refractivity contribution is -0.148. The van der Waals surface area contributed by atoms with Crippen molar-refractivity contribution in [2.45, 2.75) is 77.5 Å². The molecular weight excluding hydrogens is 490 g/mol. The Morgan fingerprint density at radius 2 is 1.51 bits per heavy atom. The van der Waals surface area contributed by atoms with E-state index in [-0.39, 0.29) is 43.8 Å². The molecule has 0 unspecified atom stereocenters. The number of benzene rings is 1. The highest BCUT2D eigenvalue weighted by Crippen LogP contribution is 2.30. The predicted octanol–water partition coefficient (Wildman–Crippen LogP) is 4.04. The van der Waals surface area contributed by atoms with Crippen molar-refractivity contribution >= 4 is 24.4 Å². The van der Waals surface area contributed by atoms with Crippen molar-refractivity contribution < 1.29 is 52.3 Å². The lowest BCUT2D eigenvalue weighted by Gasteiger charge is -2.22. The number of rotatable bonds is 11. The van der Waals surface area contributed by atoms with E-state index < -0.39 is 36.6 Å². The van der Waals surface area contributed by atoms with Gasteiger partial charge in [-0.2, -0.15) is 0 Å². The van der Waals surface area contributed by atoms with Gasteiger partial charge in [-0.1, -0.05) is 12.5 Å². The molecule has 1 aliphatic carbocycles. The minimum absolute atomic E-state index is 0.0106. The van der Waals surface area contributed by atoms with Crippen molar-refractivity contribution in [2.24, 2.45) is 5.73 Å². The maximum absolute atomic E-state index is 12.4. The summed E-state index contributed by atoms with van der Waals surface area (Å²) in [4.78, 5) is 47.8. The second-order valence-corrected chi connectivity index (χ2v) is 8.35. The Morgan fingerprint density at radius 3 is 2.14 bits per heavy atom. The smallest absolute Gasteiger partial charge is 0.461 e. The molecule has 12 heteroatoms. The third-order valence-electron chi connectivity index (χ3n) is 5.25. The van der Waals surface area contributed by atoms with Gasteiger partial charge in [0.2, 0.25) is 0 Å². The zero-order chi connectivity index (χ0) is 27.2. The standard InChI is InChI=1S/C25H35NO11/c1-4-31-23(28)36-20-12-11-17(14-21(20)37-24(29)32-5-2)13-19(26)22(27)33-15-16(3)34-25(30)35-18-9-7-6-8-10-18/h11-12,14,16,18-19H,4-10,13,15,26H2,1-3H3/t16-,19-/m0/s1. The molecule has 2 rings (SSSR count). The van der Waals surface area contributed by atoms with E-state index in [1.807, 2.05) is 0 Å². The Labute approximate surface area is 215 Å². The lowest BCUT2D eigenvalue weighted by atomic mass is 9.98. The van der Waals surface area contributed by atoms with Crippen LogP contribution in [0.5, 0.6) is 11.5 Å². The predicted molar refractivity (Wildman–Crippen MR) is 128 cm³/mol.